The van der Waals surface area contributed by atoms with Crippen LogP contribution in [0.15, 0.2) is 27.4 Å². The predicted octanol–water partition coefficient (Wildman–Crippen LogP) is 3.34. The van der Waals surface area contributed by atoms with Gasteiger partial charge in [0.05, 0.1) is 0 Å². The number of aryl methyl sites for hydroxylation is 1. The van der Waals surface area contributed by atoms with E-state index in [1.165, 1.54) is 0 Å². The van der Waals surface area contributed by atoms with E-state index in [4.69, 9.17) is 4.42 Å². The summed E-state index contributed by atoms with van der Waals surface area (Å²) in [5.74, 6) is 1.65. The summed E-state index contributed by atoms with van der Waals surface area (Å²) in [5.41, 5.74) is 1.02. The molecule has 7 nitrogen and oxygen atoms in total. The third-order valence-electron chi connectivity index (χ3n) is 4.40. The van der Waals surface area contributed by atoms with Crippen molar-refractivity contribution in [3.05, 3.63) is 34.3 Å². The van der Waals surface area contributed by atoms with Crippen LogP contribution in [0.4, 0.5) is 11.8 Å². The first-order chi connectivity index (χ1) is 12.0. The summed E-state index contributed by atoms with van der Waals surface area (Å²) >= 11 is 3.21. The topological polar surface area (TPSA) is 92.1 Å². The van der Waals surface area contributed by atoms with Crippen molar-refractivity contribution in [3.63, 3.8) is 0 Å². The molecule has 25 heavy (non-hydrogen) atoms. The van der Waals surface area contributed by atoms with Crippen LogP contribution in [0.25, 0.3) is 0 Å². The molecule has 1 saturated carbocycles. The molecule has 2 heterocycles. The van der Waals surface area contributed by atoms with Gasteiger partial charge in [0.25, 0.3) is 5.91 Å². The number of carbonyl (C=O) groups excluding carboxylic acids is 1. The maximum absolute atomic E-state index is 12.1. The lowest BCUT2D eigenvalue weighted by atomic mass is 9.91. The van der Waals surface area contributed by atoms with Crippen LogP contribution in [0.2, 0.25) is 0 Å². The lowest BCUT2D eigenvalue weighted by Crippen LogP contribution is -2.40. The van der Waals surface area contributed by atoms with E-state index >= 15 is 0 Å². The third kappa shape index (κ3) is 4.50. The minimum absolute atomic E-state index is 0.164. The average Bonchev–Trinajstić information content (AvgIpc) is 3.05. The number of amides is 1. The number of nitrogens with zero attached hydrogens (tertiary/aromatic N) is 2. The zero-order valence-electron chi connectivity index (χ0n) is 14.3. The fraction of sp³-hybridized carbons (Fsp3) is 0.471. The van der Waals surface area contributed by atoms with Gasteiger partial charge in [-0.05, 0) is 60.7 Å². The number of furan rings is 1. The van der Waals surface area contributed by atoms with Gasteiger partial charge in [0.2, 0.25) is 5.95 Å². The molecule has 1 aliphatic rings. The highest BCUT2D eigenvalue weighted by atomic mass is 79.9. The third-order valence-corrected chi connectivity index (χ3v) is 4.83. The molecular weight excluding hydrogens is 386 g/mol. The van der Waals surface area contributed by atoms with E-state index in [0.29, 0.717) is 22.4 Å². The van der Waals surface area contributed by atoms with E-state index in [1.807, 2.05) is 20.2 Å². The van der Waals surface area contributed by atoms with Crippen molar-refractivity contribution in [3.8, 4) is 0 Å². The van der Waals surface area contributed by atoms with Crippen LogP contribution in [0.1, 0.15) is 41.8 Å². The van der Waals surface area contributed by atoms with Gasteiger partial charge in [-0.15, -0.1) is 0 Å². The van der Waals surface area contributed by atoms with Gasteiger partial charge < -0.3 is 20.4 Å². The van der Waals surface area contributed by atoms with E-state index in [1.54, 1.807) is 12.1 Å². The summed E-state index contributed by atoms with van der Waals surface area (Å²) in [6.07, 6.45) is 5.55. The van der Waals surface area contributed by atoms with Crippen molar-refractivity contribution in [1.82, 2.24) is 15.3 Å². The zero-order chi connectivity index (χ0) is 17.8. The number of halogens is 1. The van der Waals surface area contributed by atoms with Crippen LogP contribution in [0.3, 0.4) is 0 Å². The van der Waals surface area contributed by atoms with Crippen molar-refractivity contribution in [2.75, 3.05) is 17.7 Å². The molecule has 0 saturated heterocycles. The van der Waals surface area contributed by atoms with Crippen LogP contribution in [0.5, 0.6) is 0 Å². The molecular formula is C17H22BrN5O2. The Morgan fingerprint density at radius 2 is 1.96 bits per heavy atom. The Morgan fingerprint density at radius 3 is 2.60 bits per heavy atom. The number of rotatable bonds is 5. The first-order valence-corrected chi connectivity index (χ1v) is 9.18. The van der Waals surface area contributed by atoms with Crippen molar-refractivity contribution >= 4 is 33.6 Å². The van der Waals surface area contributed by atoms with E-state index in [-0.39, 0.29) is 11.9 Å². The quantitative estimate of drug-likeness (QED) is 0.703. The van der Waals surface area contributed by atoms with E-state index in [0.717, 1.165) is 37.1 Å². The molecule has 1 amide bonds. The van der Waals surface area contributed by atoms with Crippen LogP contribution >= 0.6 is 15.9 Å². The monoisotopic (exact) mass is 407 g/mol. The Kier molecular flexibility index (Phi) is 5.57. The van der Waals surface area contributed by atoms with Gasteiger partial charge in [-0.3, -0.25) is 4.79 Å². The lowest BCUT2D eigenvalue weighted by Gasteiger charge is -2.29. The molecule has 0 spiro atoms. The van der Waals surface area contributed by atoms with E-state index in [9.17, 15) is 4.79 Å². The first-order valence-electron chi connectivity index (χ1n) is 8.39. The number of anilines is 2. The van der Waals surface area contributed by atoms with Crippen LogP contribution in [0, 0.1) is 6.92 Å². The smallest absolute Gasteiger partial charge is 0.287 e. The van der Waals surface area contributed by atoms with Gasteiger partial charge in [0, 0.05) is 30.9 Å². The van der Waals surface area contributed by atoms with Gasteiger partial charge in [-0.25, -0.2) is 4.98 Å². The van der Waals surface area contributed by atoms with Crippen LogP contribution < -0.4 is 16.0 Å². The van der Waals surface area contributed by atoms with Crippen molar-refractivity contribution in [2.45, 2.75) is 44.7 Å². The summed E-state index contributed by atoms with van der Waals surface area (Å²) in [7, 11) is 1.85. The SMILES string of the molecule is CNc1nc(NC2CCC(NC(=O)c3ccc(Br)o3)CC2)ncc1C. The number of nitrogens with one attached hydrogen (secondary N) is 3. The van der Waals surface area contributed by atoms with Gasteiger partial charge in [0.1, 0.15) is 5.82 Å². The van der Waals surface area contributed by atoms with Gasteiger partial charge in [-0.1, -0.05) is 0 Å². The molecule has 134 valence electrons. The molecule has 2 aromatic heterocycles. The molecule has 2 aromatic rings. The summed E-state index contributed by atoms with van der Waals surface area (Å²) in [4.78, 5) is 20.9. The minimum atomic E-state index is -0.164. The van der Waals surface area contributed by atoms with Crippen LogP contribution in [-0.2, 0) is 0 Å². The summed E-state index contributed by atoms with van der Waals surface area (Å²) in [6, 6.07) is 3.87. The molecule has 0 aliphatic heterocycles. The number of carbonyl (C=O) groups is 1. The molecule has 3 rings (SSSR count). The fourth-order valence-electron chi connectivity index (χ4n) is 3.02. The van der Waals surface area contributed by atoms with Crippen molar-refractivity contribution in [2.24, 2.45) is 0 Å². The fourth-order valence-corrected chi connectivity index (χ4v) is 3.33. The Hall–Kier alpha value is -2.09. The number of hydrogen-bond acceptors (Lipinski definition) is 6. The average molecular weight is 408 g/mol. The summed E-state index contributed by atoms with van der Waals surface area (Å²) in [5, 5.41) is 9.50. The molecule has 8 heteroatoms. The molecule has 3 N–H and O–H groups in total. The van der Waals surface area contributed by atoms with Crippen molar-refractivity contribution in [1.29, 1.82) is 0 Å². The highest BCUT2D eigenvalue weighted by molar-refractivity contribution is 9.10. The highest BCUT2D eigenvalue weighted by Gasteiger charge is 2.24. The molecule has 1 fully saturated rings. The largest absolute Gasteiger partial charge is 0.444 e. The van der Waals surface area contributed by atoms with E-state index in [2.05, 4.69) is 41.8 Å². The molecule has 0 atom stereocenters. The second-order valence-electron chi connectivity index (χ2n) is 6.25. The molecule has 0 bridgehead atoms. The van der Waals surface area contributed by atoms with E-state index < -0.39 is 0 Å². The maximum Gasteiger partial charge on any atom is 0.287 e. The Labute approximate surface area is 155 Å². The molecule has 0 radical (unpaired) electrons. The Morgan fingerprint density at radius 1 is 1.24 bits per heavy atom. The summed E-state index contributed by atoms with van der Waals surface area (Å²) in [6.45, 7) is 1.97. The second-order valence-corrected chi connectivity index (χ2v) is 7.03. The highest BCUT2D eigenvalue weighted by Crippen LogP contribution is 2.23. The predicted molar refractivity (Wildman–Crippen MR) is 99.9 cm³/mol. The number of hydrogen-bond donors (Lipinski definition) is 3. The standard InChI is InChI=1S/C17H22BrN5O2/c1-10-9-20-17(23-15(10)19-2)22-12-5-3-11(4-6-12)21-16(24)13-7-8-14(18)25-13/h7-9,11-12H,3-6H2,1-2H3,(H,21,24)(H2,19,20,22,23). The first kappa shape index (κ1) is 17.7. The lowest BCUT2D eigenvalue weighted by molar-refractivity contribution is 0.0897. The van der Waals surface area contributed by atoms with Gasteiger partial charge in [-0.2, -0.15) is 4.98 Å². The number of aromatic nitrogens is 2. The molecule has 0 unspecified atom stereocenters. The molecule has 0 aromatic carbocycles. The maximum atomic E-state index is 12.1. The van der Waals surface area contributed by atoms with Gasteiger partial charge in [0.15, 0.2) is 10.4 Å². The van der Waals surface area contributed by atoms with Crippen LogP contribution in [-0.4, -0.2) is 35.0 Å². The minimum Gasteiger partial charge on any atom is -0.444 e. The molecule has 1 aliphatic carbocycles. The Bertz CT molecular complexity index is 740. The second kappa shape index (κ2) is 7.86. The normalized spacial score (nSPS) is 20.1. The Balaban J connectivity index is 1.49. The zero-order valence-corrected chi connectivity index (χ0v) is 15.9. The van der Waals surface area contributed by atoms with Gasteiger partial charge >= 0.3 is 0 Å². The summed E-state index contributed by atoms with van der Waals surface area (Å²) < 4.78 is 5.85. The van der Waals surface area contributed by atoms with Crippen molar-refractivity contribution < 1.29 is 9.21 Å².